The summed E-state index contributed by atoms with van der Waals surface area (Å²) in [5.74, 6) is -1.25. The van der Waals surface area contributed by atoms with E-state index in [0.717, 1.165) is 30.4 Å². The number of fused-ring (bicyclic) bond motifs is 3. The minimum atomic E-state index is -0.924. The highest BCUT2D eigenvalue weighted by Gasteiger charge is 2.34. The molecule has 0 bridgehead atoms. The Morgan fingerprint density at radius 2 is 1.68 bits per heavy atom. The van der Waals surface area contributed by atoms with Crippen LogP contribution in [0.5, 0.6) is 0 Å². The Labute approximate surface area is 199 Å². The molecule has 0 saturated heterocycles. The van der Waals surface area contributed by atoms with E-state index >= 15 is 0 Å². The standard InChI is InChI=1S/C27H32N2O5/c1-2-18(14-25(30)31)29-26(32)19-13-7-8-17(19)15-28-27(33)34-16-24-22-11-5-3-9-20(22)21-10-4-6-12-23(21)24/h3-6,9-12,17-19,24H,2,7-8,13-16H2,1H3,(H,28,33)(H,29,32)(H,30,31)/t17-,18-,19-/m1/s1. The average Bonchev–Trinajstić information content (AvgIpc) is 3.43. The molecule has 2 aliphatic rings. The van der Waals surface area contributed by atoms with Crippen molar-refractivity contribution in [2.45, 2.75) is 51.0 Å². The number of carboxylic acids is 1. The lowest BCUT2D eigenvalue weighted by Gasteiger charge is -2.23. The van der Waals surface area contributed by atoms with E-state index in [9.17, 15) is 14.4 Å². The van der Waals surface area contributed by atoms with Crippen LogP contribution in [0, 0.1) is 11.8 Å². The van der Waals surface area contributed by atoms with Gasteiger partial charge >= 0.3 is 12.1 Å². The predicted octanol–water partition coefficient (Wildman–Crippen LogP) is 4.31. The van der Waals surface area contributed by atoms with Crippen molar-refractivity contribution in [3.05, 3.63) is 59.7 Å². The highest BCUT2D eigenvalue weighted by atomic mass is 16.5. The molecular formula is C27H32N2O5. The van der Waals surface area contributed by atoms with Crippen LogP contribution >= 0.6 is 0 Å². The van der Waals surface area contributed by atoms with Gasteiger partial charge in [0.1, 0.15) is 6.61 Å². The van der Waals surface area contributed by atoms with Crippen molar-refractivity contribution < 1.29 is 24.2 Å². The number of carboxylic acid groups (broad SMARTS) is 1. The van der Waals surface area contributed by atoms with Crippen molar-refractivity contribution in [2.24, 2.45) is 11.8 Å². The Kier molecular flexibility index (Phi) is 7.50. The van der Waals surface area contributed by atoms with Crippen LogP contribution in [0.2, 0.25) is 0 Å². The molecule has 0 heterocycles. The van der Waals surface area contributed by atoms with Crippen LogP contribution in [0.25, 0.3) is 11.1 Å². The van der Waals surface area contributed by atoms with Gasteiger partial charge in [0.05, 0.1) is 6.42 Å². The lowest BCUT2D eigenvalue weighted by molar-refractivity contribution is -0.138. The number of rotatable bonds is 9. The number of alkyl carbamates (subject to hydrolysis) is 1. The minimum absolute atomic E-state index is 0.00312. The Morgan fingerprint density at radius 1 is 1.03 bits per heavy atom. The van der Waals surface area contributed by atoms with Crippen LogP contribution in [0.3, 0.4) is 0 Å². The van der Waals surface area contributed by atoms with Gasteiger partial charge in [0, 0.05) is 24.4 Å². The van der Waals surface area contributed by atoms with Crippen molar-refractivity contribution in [1.29, 1.82) is 0 Å². The second-order valence-corrected chi connectivity index (χ2v) is 9.22. The van der Waals surface area contributed by atoms with E-state index in [1.54, 1.807) is 0 Å². The first-order valence-corrected chi connectivity index (χ1v) is 12.1. The molecular weight excluding hydrogens is 432 g/mol. The summed E-state index contributed by atoms with van der Waals surface area (Å²) in [6, 6.07) is 16.0. The maximum Gasteiger partial charge on any atom is 0.407 e. The summed E-state index contributed by atoms with van der Waals surface area (Å²) in [6.07, 6.45) is 2.49. The fourth-order valence-corrected chi connectivity index (χ4v) is 5.31. The van der Waals surface area contributed by atoms with Gasteiger partial charge in [-0.1, -0.05) is 61.9 Å². The molecule has 4 rings (SSSR count). The minimum Gasteiger partial charge on any atom is -0.481 e. The summed E-state index contributed by atoms with van der Waals surface area (Å²) >= 11 is 0. The first kappa shape index (κ1) is 23.8. The maximum absolute atomic E-state index is 12.7. The van der Waals surface area contributed by atoms with Crippen LogP contribution in [0.1, 0.15) is 56.1 Å². The molecule has 0 radical (unpaired) electrons. The van der Waals surface area contributed by atoms with Gasteiger partial charge in [-0.3, -0.25) is 9.59 Å². The van der Waals surface area contributed by atoms with Crippen LogP contribution in [0.4, 0.5) is 4.79 Å². The third kappa shape index (κ3) is 5.24. The van der Waals surface area contributed by atoms with Gasteiger partial charge in [-0.25, -0.2) is 4.79 Å². The molecule has 180 valence electrons. The summed E-state index contributed by atoms with van der Waals surface area (Å²) in [5, 5.41) is 14.7. The molecule has 1 fully saturated rings. The molecule has 0 aromatic heterocycles. The molecule has 2 aliphatic carbocycles. The number of nitrogens with one attached hydrogen (secondary N) is 2. The van der Waals surface area contributed by atoms with Gasteiger partial charge in [-0.2, -0.15) is 0 Å². The summed E-state index contributed by atoms with van der Waals surface area (Å²) in [4.78, 5) is 36.2. The molecule has 2 amide bonds. The van der Waals surface area contributed by atoms with Gasteiger partial charge < -0.3 is 20.5 Å². The molecule has 0 unspecified atom stereocenters. The van der Waals surface area contributed by atoms with Gasteiger partial charge in [-0.05, 0) is 47.4 Å². The summed E-state index contributed by atoms with van der Waals surface area (Å²) in [7, 11) is 0. The van der Waals surface area contributed by atoms with Crippen LogP contribution in [-0.2, 0) is 14.3 Å². The predicted molar refractivity (Wildman–Crippen MR) is 128 cm³/mol. The lowest BCUT2D eigenvalue weighted by atomic mass is 9.94. The lowest BCUT2D eigenvalue weighted by Crippen LogP contribution is -2.43. The largest absolute Gasteiger partial charge is 0.481 e. The van der Waals surface area contributed by atoms with Crippen molar-refractivity contribution in [3.8, 4) is 11.1 Å². The van der Waals surface area contributed by atoms with Crippen LogP contribution in [0.15, 0.2) is 48.5 Å². The van der Waals surface area contributed by atoms with E-state index in [2.05, 4.69) is 34.9 Å². The Bertz CT molecular complexity index is 1010. The molecule has 3 atom stereocenters. The van der Waals surface area contributed by atoms with Gasteiger partial charge in [0.15, 0.2) is 0 Å². The number of hydrogen-bond donors (Lipinski definition) is 3. The fourth-order valence-electron chi connectivity index (χ4n) is 5.31. The number of hydrogen-bond acceptors (Lipinski definition) is 4. The molecule has 3 N–H and O–H groups in total. The Hall–Kier alpha value is -3.35. The number of benzene rings is 2. The van der Waals surface area contributed by atoms with Gasteiger partial charge in [0.25, 0.3) is 0 Å². The SMILES string of the molecule is CC[C@H](CC(=O)O)NC(=O)[C@@H]1CCC[C@@H]1CNC(=O)OCC1c2ccccc2-c2ccccc21. The molecule has 2 aromatic rings. The second-order valence-electron chi connectivity index (χ2n) is 9.22. The van der Waals surface area contributed by atoms with E-state index in [1.165, 1.54) is 11.1 Å². The number of ether oxygens (including phenoxy) is 1. The fraction of sp³-hybridized carbons (Fsp3) is 0.444. The molecule has 34 heavy (non-hydrogen) atoms. The van der Waals surface area contributed by atoms with Gasteiger partial charge in [-0.15, -0.1) is 0 Å². The topological polar surface area (TPSA) is 105 Å². The number of aliphatic carboxylic acids is 1. The quantitative estimate of drug-likeness (QED) is 0.513. The van der Waals surface area contributed by atoms with E-state index in [1.807, 2.05) is 31.2 Å². The normalized spacial score (nSPS) is 19.7. The van der Waals surface area contributed by atoms with E-state index in [0.29, 0.717) is 13.0 Å². The highest BCUT2D eigenvalue weighted by molar-refractivity contribution is 5.81. The molecule has 7 heteroatoms. The summed E-state index contributed by atoms with van der Waals surface area (Å²) < 4.78 is 5.61. The first-order valence-electron chi connectivity index (χ1n) is 12.1. The zero-order chi connectivity index (χ0) is 24.1. The number of amides is 2. The van der Waals surface area contributed by atoms with E-state index < -0.39 is 12.1 Å². The van der Waals surface area contributed by atoms with E-state index in [4.69, 9.17) is 9.84 Å². The maximum atomic E-state index is 12.7. The summed E-state index contributed by atoms with van der Waals surface area (Å²) in [5.41, 5.74) is 4.69. The van der Waals surface area contributed by atoms with Crippen molar-refractivity contribution in [1.82, 2.24) is 10.6 Å². The molecule has 2 aromatic carbocycles. The second kappa shape index (κ2) is 10.7. The highest BCUT2D eigenvalue weighted by Crippen LogP contribution is 2.44. The van der Waals surface area contributed by atoms with Crippen molar-refractivity contribution in [3.63, 3.8) is 0 Å². The zero-order valence-corrected chi connectivity index (χ0v) is 19.5. The molecule has 7 nitrogen and oxygen atoms in total. The molecule has 1 saturated carbocycles. The Balaban J connectivity index is 1.29. The monoisotopic (exact) mass is 464 g/mol. The van der Waals surface area contributed by atoms with E-state index in [-0.39, 0.29) is 42.7 Å². The third-order valence-electron chi connectivity index (χ3n) is 7.11. The molecule has 0 aliphatic heterocycles. The average molecular weight is 465 g/mol. The van der Waals surface area contributed by atoms with Gasteiger partial charge in [0.2, 0.25) is 5.91 Å². The zero-order valence-electron chi connectivity index (χ0n) is 19.5. The third-order valence-corrected chi connectivity index (χ3v) is 7.11. The van der Waals surface area contributed by atoms with Crippen LogP contribution in [-0.4, -0.2) is 42.3 Å². The smallest absolute Gasteiger partial charge is 0.407 e. The Morgan fingerprint density at radius 3 is 2.29 bits per heavy atom. The van der Waals surface area contributed by atoms with Crippen molar-refractivity contribution in [2.75, 3.05) is 13.2 Å². The summed E-state index contributed by atoms with van der Waals surface area (Å²) in [6.45, 7) is 2.48. The van der Waals surface area contributed by atoms with Crippen molar-refractivity contribution >= 4 is 18.0 Å². The number of carbonyl (C=O) groups excluding carboxylic acids is 2. The molecule has 0 spiro atoms. The van der Waals surface area contributed by atoms with Crippen LogP contribution < -0.4 is 10.6 Å². The first-order chi connectivity index (χ1) is 16.5. The number of carbonyl (C=O) groups is 3.